The van der Waals surface area contributed by atoms with E-state index in [-0.39, 0.29) is 23.6 Å². The largest absolute Gasteiger partial charge is 0.349 e. The fraction of sp³-hybridized carbons (Fsp3) is 0.348. The number of aromatic nitrogens is 4. The summed E-state index contributed by atoms with van der Waals surface area (Å²) in [7, 11) is 0. The molecule has 2 aromatic heterocycles. The molecule has 0 atom stereocenters. The lowest BCUT2D eigenvalue weighted by molar-refractivity contribution is -0.113. The van der Waals surface area contributed by atoms with Crippen molar-refractivity contribution in [1.29, 1.82) is 0 Å². The molecule has 0 unspecified atom stereocenters. The van der Waals surface area contributed by atoms with Crippen molar-refractivity contribution in [2.45, 2.75) is 50.6 Å². The summed E-state index contributed by atoms with van der Waals surface area (Å²) in [6, 6.07) is 12.9. The van der Waals surface area contributed by atoms with Crippen LogP contribution in [0.3, 0.4) is 0 Å². The van der Waals surface area contributed by atoms with Gasteiger partial charge < -0.3 is 10.6 Å². The maximum atomic E-state index is 12.7. The van der Waals surface area contributed by atoms with Gasteiger partial charge in [-0.15, -0.1) is 10.2 Å². The predicted octanol–water partition coefficient (Wildman–Crippen LogP) is 3.68. The molecule has 3 aromatic rings. The predicted molar refractivity (Wildman–Crippen MR) is 124 cm³/mol. The van der Waals surface area contributed by atoms with Crippen LogP contribution in [0.1, 0.15) is 47.4 Å². The van der Waals surface area contributed by atoms with E-state index in [1.54, 1.807) is 28.9 Å². The van der Waals surface area contributed by atoms with Gasteiger partial charge in [-0.05, 0) is 57.0 Å². The highest BCUT2D eigenvalue weighted by atomic mass is 32.2. The van der Waals surface area contributed by atoms with E-state index >= 15 is 0 Å². The Balaban J connectivity index is 1.34. The van der Waals surface area contributed by atoms with Gasteiger partial charge in [-0.25, -0.2) is 4.68 Å². The molecule has 0 saturated heterocycles. The van der Waals surface area contributed by atoms with E-state index in [2.05, 4.69) is 25.9 Å². The van der Waals surface area contributed by atoms with Gasteiger partial charge in [0.2, 0.25) is 5.91 Å². The average Bonchev–Trinajstić information content (AvgIpc) is 3.42. The lowest BCUT2D eigenvalue weighted by Crippen LogP contribution is -2.33. The molecular formula is C23H26N6O2S. The highest BCUT2D eigenvalue weighted by molar-refractivity contribution is 7.99. The van der Waals surface area contributed by atoms with Crippen LogP contribution in [-0.4, -0.2) is 43.6 Å². The van der Waals surface area contributed by atoms with Crippen molar-refractivity contribution in [2.24, 2.45) is 0 Å². The van der Waals surface area contributed by atoms with Crippen molar-refractivity contribution in [3.63, 3.8) is 0 Å². The molecule has 166 valence electrons. The van der Waals surface area contributed by atoms with Crippen molar-refractivity contribution < 1.29 is 9.59 Å². The monoisotopic (exact) mass is 450 g/mol. The molecule has 0 spiro atoms. The molecule has 1 saturated carbocycles. The summed E-state index contributed by atoms with van der Waals surface area (Å²) in [5, 5.41) is 19.4. The quantitative estimate of drug-likeness (QED) is 0.533. The SMILES string of the molecule is Cc1cc(C)n(-c2ccc(SCC(=O)Nc3ccccc3C(=O)NC3CCCC3)nn2)n1. The second-order valence-corrected chi connectivity index (χ2v) is 8.90. The first-order valence-electron chi connectivity index (χ1n) is 10.7. The molecule has 2 heterocycles. The van der Waals surface area contributed by atoms with Crippen LogP contribution in [0.4, 0.5) is 5.69 Å². The van der Waals surface area contributed by atoms with Crippen LogP contribution in [0, 0.1) is 13.8 Å². The van der Waals surface area contributed by atoms with E-state index < -0.39 is 0 Å². The number of rotatable bonds is 7. The second kappa shape index (κ2) is 9.95. The Kier molecular flexibility index (Phi) is 6.84. The highest BCUT2D eigenvalue weighted by Gasteiger charge is 2.20. The zero-order chi connectivity index (χ0) is 22.5. The summed E-state index contributed by atoms with van der Waals surface area (Å²) in [5.74, 6) is 0.435. The van der Waals surface area contributed by atoms with E-state index in [9.17, 15) is 9.59 Å². The number of hydrogen-bond acceptors (Lipinski definition) is 6. The maximum absolute atomic E-state index is 12.7. The number of aryl methyl sites for hydroxylation is 2. The number of anilines is 1. The number of thioether (sulfide) groups is 1. The van der Waals surface area contributed by atoms with Gasteiger partial charge >= 0.3 is 0 Å². The minimum Gasteiger partial charge on any atom is -0.349 e. The first kappa shape index (κ1) is 22.0. The minimum absolute atomic E-state index is 0.147. The molecular weight excluding hydrogens is 424 g/mol. The Morgan fingerprint density at radius 2 is 1.88 bits per heavy atom. The van der Waals surface area contributed by atoms with Crippen LogP contribution in [-0.2, 0) is 4.79 Å². The average molecular weight is 451 g/mol. The number of para-hydroxylation sites is 1. The first-order chi connectivity index (χ1) is 15.5. The number of nitrogens with zero attached hydrogens (tertiary/aromatic N) is 4. The standard InChI is InChI=1S/C23H26N6O2S/c1-15-13-16(2)29(28-15)20-11-12-22(27-26-20)32-14-21(30)25-19-10-6-5-9-18(19)23(31)24-17-7-3-4-8-17/h5-6,9-13,17H,3-4,7-8,14H2,1-2H3,(H,24,31)(H,25,30). The van der Waals surface area contributed by atoms with Crippen LogP contribution in [0.25, 0.3) is 5.82 Å². The van der Waals surface area contributed by atoms with Crippen molar-refractivity contribution >= 4 is 29.3 Å². The lowest BCUT2D eigenvalue weighted by atomic mass is 10.1. The molecule has 0 aliphatic heterocycles. The van der Waals surface area contributed by atoms with Gasteiger partial charge in [0, 0.05) is 11.7 Å². The van der Waals surface area contributed by atoms with Crippen LogP contribution in [0.15, 0.2) is 47.5 Å². The van der Waals surface area contributed by atoms with Gasteiger partial charge in [0.05, 0.1) is 22.7 Å². The zero-order valence-electron chi connectivity index (χ0n) is 18.2. The molecule has 9 heteroatoms. The summed E-state index contributed by atoms with van der Waals surface area (Å²) in [6.07, 6.45) is 4.31. The van der Waals surface area contributed by atoms with Gasteiger partial charge in [-0.3, -0.25) is 9.59 Å². The Hall–Kier alpha value is -3.20. The highest BCUT2D eigenvalue weighted by Crippen LogP contribution is 2.21. The third-order valence-corrected chi connectivity index (χ3v) is 6.26. The minimum atomic E-state index is -0.208. The van der Waals surface area contributed by atoms with Crippen molar-refractivity contribution in [2.75, 3.05) is 11.1 Å². The van der Waals surface area contributed by atoms with Crippen LogP contribution >= 0.6 is 11.8 Å². The van der Waals surface area contributed by atoms with Crippen molar-refractivity contribution in [3.05, 3.63) is 59.4 Å². The molecule has 1 aliphatic rings. The summed E-state index contributed by atoms with van der Waals surface area (Å²) in [6.45, 7) is 3.89. The first-order valence-corrected chi connectivity index (χ1v) is 11.7. The van der Waals surface area contributed by atoms with Gasteiger partial charge in [-0.1, -0.05) is 36.7 Å². The molecule has 1 aromatic carbocycles. The van der Waals surface area contributed by atoms with E-state index in [1.807, 2.05) is 32.0 Å². The molecule has 1 aliphatic carbocycles. The Morgan fingerprint density at radius 1 is 1.09 bits per heavy atom. The number of amides is 2. The van der Waals surface area contributed by atoms with Crippen LogP contribution in [0.2, 0.25) is 0 Å². The van der Waals surface area contributed by atoms with E-state index in [0.29, 0.717) is 22.1 Å². The number of carbonyl (C=O) groups excluding carboxylic acids is 2. The maximum Gasteiger partial charge on any atom is 0.253 e. The smallest absolute Gasteiger partial charge is 0.253 e. The second-order valence-electron chi connectivity index (χ2n) is 7.91. The van der Waals surface area contributed by atoms with Gasteiger partial charge in [-0.2, -0.15) is 5.10 Å². The Bertz CT molecular complexity index is 1110. The summed E-state index contributed by atoms with van der Waals surface area (Å²) in [5.41, 5.74) is 2.88. The third-order valence-electron chi connectivity index (χ3n) is 5.34. The van der Waals surface area contributed by atoms with E-state index in [0.717, 1.165) is 37.1 Å². The van der Waals surface area contributed by atoms with E-state index in [1.165, 1.54) is 11.8 Å². The molecule has 4 rings (SSSR count). The number of nitrogens with one attached hydrogen (secondary N) is 2. The fourth-order valence-corrected chi connectivity index (χ4v) is 4.43. The third kappa shape index (κ3) is 5.34. The summed E-state index contributed by atoms with van der Waals surface area (Å²) in [4.78, 5) is 25.2. The normalized spacial score (nSPS) is 13.8. The zero-order valence-corrected chi connectivity index (χ0v) is 19.0. The summed E-state index contributed by atoms with van der Waals surface area (Å²) >= 11 is 1.29. The molecule has 2 N–H and O–H groups in total. The van der Waals surface area contributed by atoms with Crippen LogP contribution < -0.4 is 10.6 Å². The van der Waals surface area contributed by atoms with Gasteiger partial charge in [0.1, 0.15) is 5.03 Å². The number of benzene rings is 1. The molecule has 0 radical (unpaired) electrons. The Morgan fingerprint density at radius 3 is 2.56 bits per heavy atom. The molecule has 2 amide bonds. The molecule has 0 bridgehead atoms. The molecule has 8 nitrogen and oxygen atoms in total. The molecule has 32 heavy (non-hydrogen) atoms. The van der Waals surface area contributed by atoms with E-state index in [4.69, 9.17) is 0 Å². The van der Waals surface area contributed by atoms with Crippen molar-refractivity contribution in [3.8, 4) is 5.82 Å². The van der Waals surface area contributed by atoms with Gasteiger partial charge in [0.25, 0.3) is 5.91 Å². The van der Waals surface area contributed by atoms with Crippen molar-refractivity contribution in [1.82, 2.24) is 25.3 Å². The van der Waals surface area contributed by atoms with Crippen LogP contribution in [0.5, 0.6) is 0 Å². The molecule has 1 fully saturated rings. The topological polar surface area (TPSA) is 102 Å². The number of carbonyl (C=O) groups is 2. The fourth-order valence-electron chi connectivity index (χ4n) is 3.81. The van der Waals surface area contributed by atoms with Gasteiger partial charge in [0.15, 0.2) is 5.82 Å². The summed E-state index contributed by atoms with van der Waals surface area (Å²) < 4.78 is 1.73. The lowest BCUT2D eigenvalue weighted by Gasteiger charge is -2.15. The Labute approximate surface area is 191 Å². The number of hydrogen-bond donors (Lipinski definition) is 2.